The number of phenols is 1. The lowest BCUT2D eigenvalue weighted by molar-refractivity contribution is -0.137. The number of alkyl halides is 3. The van der Waals surface area contributed by atoms with Gasteiger partial charge in [0.15, 0.2) is 5.82 Å². The highest BCUT2D eigenvalue weighted by molar-refractivity contribution is 5.73. The predicted molar refractivity (Wildman–Crippen MR) is 112 cm³/mol. The van der Waals surface area contributed by atoms with Crippen molar-refractivity contribution >= 4 is 5.82 Å². The molecule has 3 heterocycles. The molecular formula is C23H27F3N4O. The van der Waals surface area contributed by atoms with E-state index in [0.717, 1.165) is 67.5 Å². The third-order valence-corrected chi connectivity index (χ3v) is 6.93. The summed E-state index contributed by atoms with van der Waals surface area (Å²) in [6.45, 7) is 5.13. The molecule has 0 bridgehead atoms. The molecule has 0 amide bonds. The molecule has 0 unspecified atom stereocenters. The number of aromatic nitrogens is 2. The van der Waals surface area contributed by atoms with Gasteiger partial charge in [0.2, 0.25) is 0 Å². The zero-order chi connectivity index (χ0) is 21.8. The maximum absolute atomic E-state index is 13.0. The van der Waals surface area contributed by atoms with E-state index in [0.29, 0.717) is 11.7 Å². The molecule has 1 aromatic carbocycles. The minimum atomic E-state index is -4.50. The van der Waals surface area contributed by atoms with Crippen molar-refractivity contribution in [1.29, 1.82) is 0 Å². The Morgan fingerprint density at radius 2 is 1.84 bits per heavy atom. The Hall–Kier alpha value is -2.35. The zero-order valence-corrected chi connectivity index (χ0v) is 17.6. The van der Waals surface area contributed by atoms with E-state index >= 15 is 0 Å². The fourth-order valence-corrected chi connectivity index (χ4v) is 5.13. The van der Waals surface area contributed by atoms with E-state index in [1.807, 2.05) is 6.92 Å². The van der Waals surface area contributed by atoms with Gasteiger partial charge in [-0.2, -0.15) is 13.2 Å². The number of benzene rings is 1. The number of halogens is 3. The van der Waals surface area contributed by atoms with E-state index in [9.17, 15) is 18.3 Å². The summed E-state index contributed by atoms with van der Waals surface area (Å²) in [6.07, 6.45) is 2.33. The molecular weight excluding hydrogens is 405 g/mol. The van der Waals surface area contributed by atoms with E-state index in [4.69, 9.17) is 0 Å². The topological polar surface area (TPSA) is 52.5 Å². The lowest BCUT2D eigenvalue weighted by Crippen LogP contribution is -2.50. The van der Waals surface area contributed by atoms with Crippen LogP contribution in [0, 0.1) is 6.92 Å². The van der Waals surface area contributed by atoms with Gasteiger partial charge in [-0.3, -0.25) is 4.90 Å². The normalized spacial score (nSPS) is 22.5. The van der Waals surface area contributed by atoms with E-state index in [2.05, 4.69) is 20.0 Å². The van der Waals surface area contributed by atoms with Crippen LogP contribution in [0.3, 0.4) is 0 Å². The number of anilines is 1. The number of fused-ring (bicyclic) bond motifs is 1. The summed E-state index contributed by atoms with van der Waals surface area (Å²) in [5.74, 6) is 0.480. The minimum absolute atomic E-state index is 0.287. The molecule has 166 valence electrons. The van der Waals surface area contributed by atoms with Gasteiger partial charge in [0.25, 0.3) is 0 Å². The molecule has 1 saturated carbocycles. The Bertz CT molecular complexity index is 990. The number of rotatable bonds is 3. The van der Waals surface area contributed by atoms with Gasteiger partial charge in [-0.1, -0.05) is 0 Å². The van der Waals surface area contributed by atoms with Crippen LogP contribution in [0.5, 0.6) is 5.75 Å². The maximum atomic E-state index is 13.0. The minimum Gasteiger partial charge on any atom is -0.507 e. The SMILES string of the molecule is Cc1c(-c2ccc(C(F)(F)F)cc2O)nnc2c1CCCN2[C@@H]1CCCN(C2CC2)C1. The fraction of sp³-hybridized carbons (Fsp3) is 0.565. The van der Waals surface area contributed by atoms with E-state index in [1.54, 1.807) is 0 Å². The van der Waals surface area contributed by atoms with Crippen molar-refractivity contribution in [2.45, 2.75) is 63.7 Å². The monoisotopic (exact) mass is 432 g/mol. The van der Waals surface area contributed by atoms with E-state index in [-0.39, 0.29) is 5.56 Å². The molecule has 0 radical (unpaired) electrons. The summed E-state index contributed by atoms with van der Waals surface area (Å²) >= 11 is 0. The van der Waals surface area contributed by atoms with Gasteiger partial charge in [0.1, 0.15) is 5.75 Å². The Morgan fingerprint density at radius 3 is 2.55 bits per heavy atom. The number of nitrogens with zero attached hydrogens (tertiary/aromatic N) is 4. The zero-order valence-electron chi connectivity index (χ0n) is 17.6. The lowest BCUT2D eigenvalue weighted by atomic mass is 9.94. The first-order valence-corrected chi connectivity index (χ1v) is 11.1. The second-order valence-electron chi connectivity index (χ2n) is 9.02. The molecule has 2 fully saturated rings. The van der Waals surface area contributed by atoms with Gasteiger partial charge in [-0.15, -0.1) is 10.2 Å². The van der Waals surface area contributed by atoms with Crippen LogP contribution >= 0.6 is 0 Å². The van der Waals surface area contributed by atoms with Gasteiger partial charge in [0.05, 0.1) is 11.3 Å². The van der Waals surface area contributed by atoms with Crippen LogP contribution in [-0.4, -0.2) is 51.9 Å². The fourth-order valence-electron chi connectivity index (χ4n) is 5.13. The van der Waals surface area contributed by atoms with Gasteiger partial charge in [-0.25, -0.2) is 0 Å². The number of piperidine rings is 1. The third kappa shape index (κ3) is 3.86. The van der Waals surface area contributed by atoms with Crippen molar-refractivity contribution in [2.24, 2.45) is 0 Å². The molecule has 5 rings (SSSR count). The van der Waals surface area contributed by atoms with Crippen molar-refractivity contribution in [2.75, 3.05) is 24.5 Å². The molecule has 0 spiro atoms. The number of hydrogen-bond donors (Lipinski definition) is 1. The number of aromatic hydroxyl groups is 1. The van der Waals surface area contributed by atoms with Crippen LogP contribution in [-0.2, 0) is 12.6 Å². The molecule has 3 aliphatic rings. The van der Waals surface area contributed by atoms with Crippen LogP contribution in [0.2, 0.25) is 0 Å². The van der Waals surface area contributed by atoms with Gasteiger partial charge >= 0.3 is 6.18 Å². The van der Waals surface area contributed by atoms with E-state index < -0.39 is 17.5 Å². The van der Waals surface area contributed by atoms with Crippen LogP contribution in [0.4, 0.5) is 19.0 Å². The standard InChI is InChI=1S/C23H27F3N4O/c1-14-18-5-3-11-30(17-4-2-10-29(13-17)16-7-8-16)22(18)28-27-21(14)19-9-6-15(12-20(19)31)23(24,25)26/h6,9,12,16-17,31H,2-5,7-8,10-11,13H2,1H3/t17-/m1/s1. The predicted octanol–water partition coefficient (Wildman–Crippen LogP) is 4.56. The molecule has 2 aromatic rings. The molecule has 2 aliphatic heterocycles. The first-order valence-electron chi connectivity index (χ1n) is 11.1. The van der Waals surface area contributed by atoms with E-state index in [1.165, 1.54) is 31.9 Å². The van der Waals surface area contributed by atoms with Crippen molar-refractivity contribution in [1.82, 2.24) is 15.1 Å². The van der Waals surface area contributed by atoms with Crippen molar-refractivity contribution in [3.8, 4) is 17.0 Å². The third-order valence-electron chi connectivity index (χ3n) is 6.93. The number of hydrogen-bond acceptors (Lipinski definition) is 5. The molecule has 5 nitrogen and oxygen atoms in total. The average Bonchev–Trinajstić information content (AvgIpc) is 3.59. The largest absolute Gasteiger partial charge is 0.507 e. The highest BCUT2D eigenvalue weighted by Gasteiger charge is 2.37. The maximum Gasteiger partial charge on any atom is 0.416 e. The van der Waals surface area contributed by atoms with Crippen molar-refractivity contribution in [3.05, 3.63) is 34.9 Å². The van der Waals surface area contributed by atoms with Gasteiger partial charge in [-0.05, 0) is 75.8 Å². The first kappa shape index (κ1) is 20.5. The van der Waals surface area contributed by atoms with Crippen LogP contribution in [0.1, 0.15) is 48.8 Å². The average molecular weight is 432 g/mol. The van der Waals surface area contributed by atoms with Crippen molar-refractivity contribution in [3.63, 3.8) is 0 Å². The summed E-state index contributed by atoms with van der Waals surface area (Å²) in [7, 11) is 0. The summed E-state index contributed by atoms with van der Waals surface area (Å²) in [5.41, 5.74) is 1.85. The van der Waals surface area contributed by atoms with Crippen molar-refractivity contribution < 1.29 is 18.3 Å². The molecule has 31 heavy (non-hydrogen) atoms. The summed E-state index contributed by atoms with van der Waals surface area (Å²) < 4.78 is 38.9. The Kier molecular flexibility index (Phi) is 5.07. The number of phenolic OH excluding ortho intramolecular Hbond substituents is 1. The Labute approximate surface area is 179 Å². The van der Waals surface area contributed by atoms with Gasteiger partial charge < -0.3 is 10.0 Å². The summed E-state index contributed by atoms with van der Waals surface area (Å²) in [5, 5.41) is 19.2. The highest BCUT2D eigenvalue weighted by Crippen LogP contribution is 2.40. The molecule has 1 aromatic heterocycles. The van der Waals surface area contributed by atoms with Crippen LogP contribution in [0.25, 0.3) is 11.3 Å². The van der Waals surface area contributed by atoms with Crippen LogP contribution in [0.15, 0.2) is 18.2 Å². The second-order valence-corrected chi connectivity index (χ2v) is 9.02. The number of likely N-dealkylation sites (tertiary alicyclic amines) is 1. The quantitative estimate of drug-likeness (QED) is 0.771. The molecule has 1 saturated heterocycles. The first-order chi connectivity index (χ1) is 14.8. The lowest BCUT2D eigenvalue weighted by Gasteiger charge is -2.42. The second kappa shape index (κ2) is 7.65. The molecule has 8 heteroatoms. The summed E-state index contributed by atoms with van der Waals surface area (Å²) in [6, 6.07) is 4.21. The van der Waals surface area contributed by atoms with Gasteiger partial charge in [0, 0.05) is 36.3 Å². The highest BCUT2D eigenvalue weighted by atomic mass is 19.4. The molecule has 1 atom stereocenters. The molecule has 1 aliphatic carbocycles. The molecule has 1 N–H and O–H groups in total. The Balaban J connectivity index is 1.46. The Morgan fingerprint density at radius 1 is 1.03 bits per heavy atom. The smallest absolute Gasteiger partial charge is 0.416 e. The summed E-state index contributed by atoms with van der Waals surface area (Å²) in [4.78, 5) is 5.00. The van der Waals surface area contributed by atoms with Crippen LogP contribution < -0.4 is 4.90 Å².